The first-order chi connectivity index (χ1) is 12.1. The highest BCUT2D eigenvalue weighted by Crippen LogP contribution is 2.30. The van der Waals surface area contributed by atoms with Crippen LogP contribution in [0.2, 0.25) is 0 Å². The fraction of sp³-hybridized carbons (Fsp3) is 0.316. The van der Waals surface area contributed by atoms with Gasteiger partial charge in [-0.15, -0.1) is 0 Å². The van der Waals surface area contributed by atoms with Crippen molar-refractivity contribution >= 4 is 22.6 Å². The molecule has 0 radical (unpaired) electrons. The van der Waals surface area contributed by atoms with Gasteiger partial charge in [-0.3, -0.25) is 9.89 Å². The normalized spacial score (nSPS) is 17.1. The Balaban J connectivity index is 1.60. The highest BCUT2D eigenvalue weighted by Gasteiger charge is 2.17. The van der Waals surface area contributed by atoms with Crippen LogP contribution >= 0.6 is 0 Å². The molecule has 3 aromatic rings. The number of benzene rings is 1. The van der Waals surface area contributed by atoms with Gasteiger partial charge in [0.25, 0.3) is 5.91 Å². The number of rotatable bonds is 2. The number of amides is 1. The number of hydrogen-bond acceptors (Lipinski definition) is 4. The van der Waals surface area contributed by atoms with Crippen molar-refractivity contribution in [2.24, 2.45) is 0 Å². The monoisotopic (exact) mass is 336 g/mol. The second-order valence-electron chi connectivity index (χ2n) is 6.57. The number of carbonyl (C=O) groups is 1. The first-order valence-corrected chi connectivity index (χ1v) is 8.55. The lowest BCUT2D eigenvalue weighted by Gasteiger charge is -2.14. The Morgan fingerprint density at radius 3 is 3.08 bits per heavy atom. The molecule has 1 amide bonds. The molecule has 6 nitrogen and oxygen atoms in total. The third kappa shape index (κ3) is 3.00. The summed E-state index contributed by atoms with van der Waals surface area (Å²) < 4.78 is 0. The van der Waals surface area contributed by atoms with E-state index in [1.807, 2.05) is 25.1 Å². The van der Waals surface area contributed by atoms with Crippen LogP contribution < -0.4 is 5.32 Å². The molecule has 3 N–H and O–H groups in total. The molecular weight excluding hydrogens is 316 g/mol. The molecule has 1 aliphatic rings. The maximum absolute atomic E-state index is 12.6. The van der Waals surface area contributed by atoms with E-state index in [0.717, 1.165) is 42.3 Å². The van der Waals surface area contributed by atoms with Gasteiger partial charge in [0, 0.05) is 23.0 Å². The highest BCUT2D eigenvalue weighted by molar-refractivity contribution is 6.05. The molecule has 0 fully saturated rings. The van der Waals surface area contributed by atoms with Crippen LogP contribution in [0, 0.1) is 6.92 Å². The van der Waals surface area contributed by atoms with Crippen molar-refractivity contribution < 1.29 is 9.90 Å². The molecule has 25 heavy (non-hydrogen) atoms. The number of carbonyl (C=O) groups excluding carboxylic acids is 1. The van der Waals surface area contributed by atoms with Crippen LogP contribution in [-0.2, 0) is 6.42 Å². The number of hydrogen-bond donors (Lipinski definition) is 3. The van der Waals surface area contributed by atoms with Crippen molar-refractivity contribution in [2.75, 3.05) is 5.32 Å². The van der Waals surface area contributed by atoms with Gasteiger partial charge in [-0.1, -0.05) is 12.5 Å². The van der Waals surface area contributed by atoms with E-state index in [0.29, 0.717) is 16.9 Å². The summed E-state index contributed by atoms with van der Waals surface area (Å²) in [6, 6.07) is 7.57. The van der Waals surface area contributed by atoms with Gasteiger partial charge in [-0.25, -0.2) is 4.98 Å². The predicted octanol–water partition coefficient (Wildman–Crippen LogP) is 3.28. The van der Waals surface area contributed by atoms with Crippen LogP contribution in [0.3, 0.4) is 0 Å². The molecule has 2 aromatic heterocycles. The Labute approximate surface area is 145 Å². The Hall–Kier alpha value is -2.73. The average Bonchev–Trinajstić information content (AvgIpc) is 2.89. The molecule has 1 atom stereocenters. The van der Waals surface area contributed by atoms with Crippen LogP contribution in [0.25, 0.3) is 11.0 Å². The Morgan fingerprint density at radius 1 is 1.32 bits per heavy atom. The predicted molar refractivity (Wildman–Crippen MR) is 95.5 cm³/mol. The second-order valence-corrected chi connectivity index (χ2v) is 6.57. The SMILES string of the molecule is Cc1[nH]nc2ncc(C(=O)Nc3ccc4c(c3)C(O)CCCC4)cc12. The number of H-pyrrole nitrogens is 1. The van der Waals surface area contributed by atoms with Crippen molar-refractivity contribution in [2.45, 2.75) is 38.7 Å². The van der Waals surface area contributed by atoms with Gasteiger partial charge in [0.05, 0.1) is 11.7 Å². The zero-order chi connectivity index (χ0) is 17.4. The smallest absolute Gasteiger partial charge is 0.257 e. The Bertz CT molecular complexity index is 948. The summed E-state index contributed by atoms with van der Waals surface area (Å²) in [5.74, 6) is -0.224. The van der Waals surface area contributed by atoms with E-state index in [4.69, 9.17) is 0 Å². The van der Waals surface area contributed by atoms with E-state index in [2.05, 4.69) is 20.5 Å². The van der Waals surface area contributed by atoms with Gasteiger partial charge in [0.15, 0.2) is 5.65 Å². The lowest BCUT2D eigenvalue weighted by molar-refractivity contribution is 0.102. The molecule has 4 rings (SSSR count). The number of aromatic nitrogens is 3. The topological polar surface area (TPSA) is 90.9 Å². The summed E-state index contributed by atoms with van der Waals surface area (Å²) in [7, 11) is 0. The lowest BCUT2D eigenvalue weighted by Crippen LogP contribution is -2.13. The van der Waals surface area contributed by atoms with Crippen molar-refractivity contribution in [3.8, 4) is 0 Å². The number of nitrogens with zero attached hydrogens (tertiary/aromatic N) is 2. The maximum atomic E-state index is 12.6. The molecule has 1 unspecified atom stereocenters. The van der Waals surface area contributed by atoms with Crippen LogP contribution in [0.15, 0.2) is 30.5 Å². The highest BCUT2D eigenvalue weighted by atomic mass is 16.3. The van der Waals surface area contributed by atoms with E-state index in [9.17, 15) is 9.90 Å². The Morgan fingerprint density at radius 2 is 2.20 bits per heavy atom. The Kier molecular flexibility index (Phi) is 3.97. The fourth-order valence-corrected chi connectivity index (χ4v) is 3.37. The van der Waals surface area contributed by atoms with E-state index in [1.54, 1.807) is 6.07 Å². The standard InChI is InChI=1S/C19H20N4O2/c1-11-15-8-13(10-20-18(15)23-22-11)19(25)21-14-7-6-12-4-2-3-5-17(24)16(12)9-14/h6-10,17,24H,2-5H2,1H3,(H,21,25)(H,20,22,23). The fourth-order valence-electron chi connectivity index (χ4n) is 3.37. The zero-order valence-electron chi connectivity index (χ0n) is 14.0. The molecule has 0 bridgehead atoms. The summed E-state index contributed by atoms with van der Waals surface area (Å²) in [5, 5.41) is 21.0. The third-order valence-electron chi connectivity index (χ3n) is 4.80. The van der Waals surface area contributed by atoms with Gasteiger partial charge in [0.2, 0.25) is 0 Å². The number of fused-ring (bicyclic) bond motifs is 2. The molecule has 0 spiro atoms. The molecular formula is C19H20N4O2. The largest absolute Gasteiger partial charge is 0.388 e. The summed E-state index contributed by atoms with van der Waals surface area (Å²) in [5.41, 5.74) is 4.74. The number of aliphatic hydroxyl groups is 1. The van der Waals surface area contributed by atoms with Gasteiger partial charge in [0.1, 0.15) is 0 Å². The van der Waals surface area contributed by atoms with Gasteiger partial charge in [-0.05, 0) is 55.5 Å². The van der Waals surface area contributed by atoms with Gasteiger partial charge >= 0.3 is 0 Å². The van der Waals surface area contributed by atoms with E-state index >= 15 is 0 Å². The minimum atomic E-state index is -0.457. The number of nitrogens with one attached hydrogen (secondary N) is 2. The molecule has 0 saturated heterocycles. The molecule has 1 aromatic carbocycles. The zero-order valence-corrected chi connectivity index (χ0v) is 14.0. The van der Waals surface area contributed by atoms with Crippen molar-refractivity contribution in [3.63, 3.8) is 0 Å². The van der Waals surface area contributed by atoms with Crippen molar-refractivity contribution in [3.05, 3.63) is 52.8 Å². The molecule has 0 aliphatic heterocycles. The van der Waals surface area contributed by atoms with Crippen LogP contribution in [-0.4, -0.2) is 26.2 Å². The summed E-state index contributed by atoms with van der Waals surface area (Å²) in [6.07, 6.45) is 4.92. The van der Waals surface area contributed by atoms with Crippen LogP contribution in [0.4, 0.5) is 5.69 Å². The summed E-state index contributed by atoms with van der Waals surface area (Å²) in [4.78, 5) is 16.8. The van der Waals surface area contributed by atoms with E-state index in [1.165, 1.54) is 11.8 Å². The molecule has 1 aliphatic carbocycles. The number of aryl methyl sites for hydroxylation is 2. The van der Waals surface area contributed by atoms with Crippen molar-refractivity contribution in [1.82, 2.24) is 15.2 Å². The van der Waals surface area contributed by atoms with Crippen LogP contribution in [0.5, 0.6) is 0 Å². The van der Waals surface area contributed by atoms with Gasteiger partial charge in [-0.2, -0.15) is 5.10 Å². The van der Waals surface area contributed by atoms with Crippen LogP contribution in [0.1, 0.15) is 52.5 Å². The minimum Gasteiger partial charge on any atom is -0.388 e. The quantitative estimate of drug-likeness (QED) is 0.626. The van der Waals surface area contributed by atoms with Gasteiger partial charge < -0.3 is 10.4 Å². The molecule has 6 heteroatoms. The van der Waals surface area contributed by atoms with Crippen molar-refractivity contribution in [1.29, 1.82) is 0 Å². The average molecular weight is 336 g/mol. The lowest BCUT2D eigenvalue weighted by atomic mass is 10.00. The van der Waals surface area contributed by atoms with E-state index in [-0.39, 0.29) is 5.91 Å². The first-order valence-electron chi connectivity index (χ1n) is 8.55. The van der Waals surface area contributed by atoms with E-state index < -0.39 is 6.10 Å². The number of aromatic amines is 1. The molecule has 2 heterocycles. The minimum absolute atomic E-state index is 0.224. The molecule has 128 valence electrons. The summed E-state index contributed by atoms with van der Waals surface area (Å²) in [6.45, 7) is 1.90. The second kappa shape index (κ2) is 6.29. The number of anilines is 1. The molecule has 0 saturated carbocycles. The first kappa shape index (κ1) is 15.8. The number of aliphatic hydroxyl groups excluding tert-OH is 1. The maximum Gasteiger partial charge on any atom is 0.257 e. The summed E-state index contributed by atoms with van der Waals surface area (Å²) >= 11 is 0. The third-order valence-corrected chi connectivity index (χ3v) is 4.80. The number of pyridine rings is 1.